The first-order valence-corrected chi connectivity index (χ1v) is 0.707. The van der Waals surface area contributed by atoms with Crippen molar-refractivity contribution < 1.29 is 115 Å². The third-order valence-electron chi connectivity index (χ3n) is 0. The molecule has 15 heteroatoms. The molecule has 0 atom stereocenters. The van der Waals surface area contributed by atoms with Gasteiger partial charge in [-0.3, -0.25) is 7.32 Å². The summed E-state index contributed by atoms with van der Waals surface area (Å²) in [6.07, 6.45) is 0. The van der Waals surface area contributed by atoms with Gasteiger partial charge in [0.15, 0.2) is 0 Å². The Morgan fingerprint density at radius 1 is 0.400 bits per heavy atom. The summed E-state index contributed by atoms with van der Waals surface area (Å²) in [5.74, 6) is 0. The van der Waals surface area contributed by atoms with Gasteiger partial charge in [-0.25, -0.2) is 0 Å². The molecular formula is H16BLi3O11. The summed E-state index contributed by atoms with van der Waals surface area (Å²) < 4.78 is 0. The van der Waals surface area contributed by atoms with E-state index < -0.39 is 7.32 Å². The fourth-order valence-electron chi connectivity index (χ4n) is 0. The topological polar surface area (TPSA) is 321 Å². The van der Waals surface area contributed by atoms with E-state index in [0.717, 1.165) is 0 Å². The van der Waals surface area contributed by atoms with Crippen molar-refractivity contribution in [3.05, 3.63) is 0 Å². The quantitative estimate of drug-likeness (QED) is 0.361. The zero-order valence-electron chi connectivity index (χ0n) is 8.80. The Balaban J connectivity index is -0.000000000818. The van der Waals surface area contributed by atoms with Gasteiger partial charge in [0.25, 0.3) is 0 Å². The standard InChI is InChI=1S/BO3.3Li.8H2O/c2-1(3)4;;;;;;;;;;;/h;;;;8*1H2/q-3;3*+1;;;;;;;;. The molecule has 0 aromatic carbocycles. The van der Waals surface area contributed by atoms with Crippen LogP contribution in [0.1, 0.15) is 0 Å². The Labute approximate surface area is 122 Å². The van der Waals surface area contributed by atoms with Crippen LogP contribution in [0.5, 0.6) is 0 Å². The van der Waals surface area contributed by atoms with Crippen LogP contribution in [0.25, 0.3) is 0 Å². The smallest absolute Gasteiger partial charge is 0.907 e. The Bertz CT molecular complexity index is 20.5. The zero-order valence-corrected chi connectivity index (χ0v) is 8.80. The molecule has 0 aromatic heterocycles. The maximum atomic E-state index is 8.42. The fraction of sp³-hybridized carbons (Fsp3) is 0. The van der Waals surface area contributed by atoms with Gasteiger partial charge in [0.05, 0.1) is 0 Å². The molecule has 0 radical (unpaired) electrons. The van der Waals surface area contributed by atoms with Crippen LogP contribution in [0.15, 0.2) is 0 Å². The van der Waals surface area contributed by atoms with Gasteiger partial charge in [-0.1, -0.05) is 0 Å². The molecule has 0 saturated heterocycles. The predicted molar refractivity (Wildman–Crippen MR) is 34.7 cm³/mol. The number of rotatable bonds is 0. The summed E-state index contributed by atoms with van der Waals surface area (Å²) in [7, 11) is -2.92. The molecule has 11 nitrogen and oxygen atoms in total. The van der Waals surface area contributed by atoms with Crippen molar-refractivity contribution in [3.8, 4) is 0 Å². The van der Waals surface area contributed by atoms with Gasteiger partial charge < -0.3 is 58.9 Å². The molecule has 0 heterocycles. The van der Waals surface area contributed by atoms with E-state index in [1.165, 1.54) is 0 Å². The molecule has 88 valence electrons. The summed E-state index contributed by atoms with van der Waals surface area (Å²) in [5.41, 5.74) is 0. The van der Waals surface area contributed by atoms with Crippen LogP contribution in [0.4, 0.5) is 0 Å². The van der Waals surface area contributed by atoms with Crippen LogP contribution in [-0.4, -0.2) is 51.1 Å². The Morgan fingerprint density at radius 3 is 0.400 bits per heavy atom. The van der Waals surface area contributed by atoms with E-state index >= 15 is 0 Å². The van der Waals surface area contributed by atoms with E-state index in [2.05, 4.69) is 0 Å². The van der Waals surface area contributed by atoms with Crippen molar-refractivity contribution in [2.75, 3.05) is 0 Å². The Kier molecular flexibility index (Phi) is 2190. The summed E-state index contributed by atoms with van der Waals surface area (Å²) in [4.78, 5) is 0. The molecule has 0 rings (SSSR count). The second kappa shape index (κ2) is 164. The van der Waals surface area contributed by atoms with E-state index in [1.807, 2.05) is 0 Å². The third-order valence-corrected chi connectivity index (χ3v) is 0. The van der Waals surface area contributed by atoms with Gasteiger partial charge in [0.2, 0.25) is 0 Å². The van der Waals surface area contributed by atoms with Crippen molar-refractivity contribution in [2.45, 2.75) is 0 Å². The molecule has 0 spiro atoms. The molecule has 15 heavy (non-hydrogen) atoms. The van der Waals surface area contributed by atoms with Crippen LogP contribution in [-0.2, 0) is 0 Å². The molecule has 0 aromatic rings. The number of hydrogen-bond acceptors (Lipinski definition) is 3. The minimum atomic E-state index is -2.92. The summed E-state index contributed by atoms with van der Waals surface area (Å²) >= 11 is 0. The molecule has 0 amide bonds. The third kappa shape index (κ3) is 1380. The van der Waals surface area contributed by atoms with Crippen molar-refractivity contribution >= 4 is 7.32 Å². The molecule has 0 aliphatic carbocycles. The van der Waals surface area contributed by atoms with Gasteiger partial charge in [-0.2, -0.15) is 0 Å². The predicted octanol–water partition coefficient (Wildman–Crippen LogP) is -19.5. The van der Waals surface area contributed by atoms with Crippen LogP contribution in [0, 0.1) is 0 Å². The summed E-state index contributed by atoms with van der Waals surface area (Å²) in [5, 5.41) is 25.2. The molecule has 0 aliphatic heterocycles. The first-order valence-electron chi connectivity index (χ1n) is 0.707. The van der Waals surface area contributed by atoms with E-state index in [4.69, 9.17) is 15.1 Å². The molecule has 0 saturated carbocycles. The van der Waals surface area contributed by atoms with Crippen molar-refractivity contribution in [1.29, 1.82) is 0 Å². The van der Waals surface area contributed by atoms with Crippen LogP contribution >= 0.6 is 0 Å². The summed E-state index contributed by atoms with van der Waals surface area (Å²) in [6.45, 7) is 0. The second-order valence-corrected chi connectivity index (χ2v) is 0.289. The fourth-order valence-corrected chi connectivity index (χ4v) is 0. The largest absolute Gasteiger partial charge is 1.00 e. The Hall–Kier alpha value is 1.42. The maximum Gasteiger partial charge on any atom is 1.00 e. The molecule has 16 N–H and O–H groups in total. The minimum Gasteiger partial charge on any atom is -0.907 e. The van der Waals surface area contributed by atoms with E-state index in [0.29, 0.717) is 0 Å². The van der Waals surface area contributed by atoms with Gasteiger partial charge in [-0.15, -0.1) is 0 Å². The molecule has 0 fully saturated rings. The van der Waals surface area contributed by atoms with E-state index in [-0.39, 0.29) is 100 Å². The van der Waals surface area contributed by atoms with Gasteiger partial charge in [0, 0.05) is 0 Å². The second-order valence-electron chi connectivity index (χ2n) is 0.289. The van der Waals surface area contributed by atoms with Gasteiger partial charge >= 0.3 is 56.6 Å². The van der Waals surface area contributed by atoms with Crippen LogP contribution in [0.3, 0.4) is 0 Å². The molecular weight excluding hydrogens is 208 g/mol. The normalized spacial score (nSPS) is 1.80. The average molecular weight is 224 g/mol. The van der Waals surface area contributed by atoms with Crippen LogP contribution < -0.4 is 71.7 Å². The van der Waals surface area contributed by atoms with Crippen molar-refractivity contribution in [2.24, 2.45) is 0 Å². The van der Waals surface area contributed by atoms with Crippen molar-refractivity contribution in [1.82, 2.24) is 0 Å². The average Bonchev–Trinajstić information content (AvgIpc) is 0.811. The van der Waals surface area contributed by atoms with Gasteiger partial charge in [-0.05, 0) is 0 Å². The Morgan fingerprint density at radius 2 is 0.400 bits per heavy atom. The minimum absolute atomic E-state index is 0. The van der Waals surface area contributed by atoms with Crippen LogP contribution in [0.2, 0.25) is 0 Å². The maximum absolute atomic E-state index is 8.42. The van der Waals surface area contributed by atoms with E-state index in [1.54, 1.807) is 0 Å². The monoisotopic (exact) mass is 224 g/mol. The summed E-state index contributed by atoms with van der Waals surface area (Å²) in [6, 6.07) is 0. The van der Waals surface area contributed by atoms with Gasteiger partial charge in [0.1, 0.15) is 0 Å². The number of hydrogen-bond donors (Lipinski definition) is 0. The molecule has 0 unspecified atom stereocenters. The van der Waals surface area contributed by atoms with E-state index in [9.17, 15) is 0 Å². The van der Waals surface area contributed by atoms with Crippen molar-refractivity contribution in [3.63, 3.8) is 0 Å². The first kappa shape index (κ1) is 200. The molecule has 0 aliphatic rings. The SMILES string of the molecule is O.O.O.O.O.O.O.O.[Li+].[Li+].[Li+].[O-]B([O-])[O-]. The zero-order chi connectivity index (χ0) is 3.58. The first-order chi connectivity index (χ1) is 1.73. The molecule has 0 bridgehead atoms.